The summed E-state index contributed by atoms with van der Waals surface area (Å²) >= 11 is 0. The average Bonchev–Trinajstić information content (AvgIpc) is 2.74. The fraction of sp³-hybridized carbons (Fsp3) is 0.208. The second-order valence-corrected chi connectivity index (χ2v) is 6.80. The van der Waals surface area contributed by atoms with Crippen LogP contribution in [0.25, 0.3) is 11.1 Å². The van der Waals surface area contributed by atoms with E-state index in [1.54, 1.807) is 7.11 Å². The molecule has 3 aromatic carbocycles. The van der Waals surface area contributed by atoms with Gasteiger partial charge in [-0.05, 0) is 36.4 Å². The molecular formula is C24H26N2O2. The van der Waals surface area contributed by atoms with E-state index < -0.39 is 0 Å². The molecule has 0 aliphatic carbocycles. The summed E-state index contributed by atoms with van der Waals surface area (Å²) in [5.74, 6) is 0.868. The van der Waals surface area contributed by atoms with Crippen LogP contribution in [-0.2, 0) is 11.3 Å². The topological polar surface area (TPSA) is 41.6 Å². The van der Waals surface area contributed by atoms with Crippen LogP contribution in [0.4, 0.5) is 5.69 Å². The standard InChI is InChI=1S/C24H26N2O2/c1-26(18-19-12-14-21(28-2)15-13-19)17-16-24(27)25-23-11-7-6-10-22(23)20-8-4-3-5-9-20/h3-15H,16-18H2,1-2H3,(H,25,27). The van der Waals surface area contributed by atoms with Crippen LogP contribution in [-0.4, -0.2) is 31.5 Å². The Bertz CT molecular complexity index is 892. The van der Waals surface area contributed by atoms with Gasteiger partial charge in [0.1, 0.15) is 5.75 Å². The maximum absolute atomic E-state index is 12.5. The van der Waals surface area contributed by atoms with Crippen LogP contribution in [0.2, 0.25) is 0 Å². The number of hydrogen-bond donors (Lipinski definition) is 1. The lowest BCUT2D eigenvalue weighted by atomic mass is 10.0. The number of hydrogen-bond acceptors (Lipinski definition) is 3. The van der Waals surface area contributed by atoms with Crippen molar-refractivity contribution in [2.45, 2.75) is 13.0 Å². The molecule has 0 aliphatic heterocycles. The molecule has 0 saturated heterocycles. The summed E-state index contributed by atoms with van der Waals surface area (Å²) < 4.78 is 5.18. The number of nitrogens with one attached hydrogen (secondary N) is 1. The van der Waals surface area contributed by atoms with Crippen molar-refractivity contribution in [3.63, 3.8) is 0 Å². The summed E-state index contributed by atoms with van der Waals surface area (Å²) in [4.78, 5) is 14.6. The Hall–Kier alpha value is -3.11. The lowest BCUT2D eigenvalue weighted by Crippen LogP contribution is -2.24. The Balaban J connectivity index is 1.54. The molecule has 0 atom stereocenters. The van der Waals surface area contributed by atoms with Gasteiger partial charge in [-0.2, -0.15) is 0 Å². The first-order valence-electron chi connectivity index (χ1n) is 9.41. The maximum atomic E-state index is 12.5. The van der Waals surface area contributed by atoms with E-state index in [2.05, 4.69) is 10.2 Å². The van der Waals surface area contributed by atoms with Crippen molar-refractivity contribution in [3.8, 4) is 16.9 Å². The smallest absolute Gasteiger partial charge is 0.225 e. The molecule has 28 heavy (non-hydrogen) atoms. The van der Waals surface area contributed by atoms with Gasteiger partial charge >= 0.3 is 0 Å². The zero-order valence-corrected chi connectivity index (χ0v) is 16.4. The van der Waals surface area contributed by atoms with E-state index in [-0.39, 0.29) is 5.91 Å². The molecule has 0 radical (unpaired) electrons. The fourth-order valence-corrected chi connectivity index (χ4v) is 3.09. The summed E-state index contributed by atoms with van der Waals surface area (Å²) in [7, 11) is 3.69. The van der Waals surface area contributed by atoms with E-state index in [1.165, 1.54) is 5.56 Å². The van der Waals surface area contributed by atoms with Gasteiger partial charge in [-0.25, -0.2) is 0 Å². The highest BCUT2D eigenvalue weighted by molar-refractivity contribution is 5.95. The first kappa shape index (κ1) is 19.6. The number of methoxy groups -OCH3 is 1. The number of carbonyl (C=O) groups is 1. The normalized spacial score (nSPS) is 10.7. The van der Waals surface area contributed by atoms with Crippen molar-refractivity contribution in [2.24, 2.45) is 0 Å². The third-order valence-electron chi connectivity index (χ3n) is 4.62. The molecule has 1 amide bonds. The van der Waals surface area contributed by atoms with Crippen molar-refractivity contribution in [1.82, 2.24) is 4.90 Å². The number of carbonyl (C=O) groups excluding carboxylic acids is 1. The van der Waals surface area contributed by atoms with E-state index in [0.717, 1.165) is 29.1 Å². The number of anilines is 1. The van der Waals surface area contributed by atoms with E-state index >= 15 is 0 Å². The number of benzene rings is 3. The second kappa shape index (κ2) is 9.72. The van der Waals surface area contributed by atoms with Crippen LogP contribution in [0.3, 0.4) is 0 Å². The van der Waals surface area contributed by atoms with Crippen LogP contribution in [0.1, 0.15) is 12.0 Å². The van der Waals surface area contributed by atoms with Crippen molar-refractivity contribution < 1.29 is 9.53 Å². The summed E-state index contributed by atoms with van der Waals surface area (Å²) in [5.41, 5.74) is 4.16. The van der Waals surface area contributed by atoms with Crippen LogP contribution < -0.4 is 10.1 Å². The summed E-state index contributed by atoms with van der Waals surface area (Å²) in [6.07, 6.45) is 0.440. The largest absolute Gasteiger partial charge is 0.497 e. The molecule has 0 spiro atoms. The molecular weight excluding hydrogens is 348 g/mol. The molecule has 4 heteroatoms. The molecule has 0 bridgehead atoms. The highest BCUT2D eigenvalue weighted by Gasteiger charge is 2.09. The molecule has 144 valence electrons. The van der Waals surface area contributed by atoms with E-state index in [0.29, 0.717) is 13.0 Å². The lowest BCUT2D eigenvalue weighted by molar-refractivity contribution is -0.116. The van der Waals surface area contributed by atoms with E-state index in [1.807, 2.05) is 85.9 Å². The zero-order chi connectivity index (χ0) is 19.8. The number of rotatable bonds is 8. The van der Waals surface area contributed by atoms with Crippen molar-refractivity contribution in [3.05, 3.63) is 84.4 Å². The molecule has 1 N–H and O–H groups in total. The van der Waals surface area contributed by atoms with Crippen molar-refractivity contribution in [1.29, 1.82) is 0 Å². The van der Waals surface area contributed by atoms with Crippen LogP contribution in [0.15, 0.2) is 78.9 Å². The first-order chi connectivity index (χ1) is 13.7. The van der Waals surface area contributed by atoms with Crippen LogP contribution >= 0.6 is 0 Å². The highest BCUT2D eigenvalue weighted by atomic mass is 16.5. The van der Waals surface area contributed by atoms with Crippen molar-refractivity contribution in [2.75, 3.05) is 26.0 Å². The molecule has 4 nitrogen and oxygen atoms in total. The van der Waals surface area contributed by atoms with Gasteiger partial charge in [-0.3, -0.25) is 4.79 Å². The highest BCUT2D eigenvalue weighted by Crippen LogP contribution is 2.27. The minimum atomic E-state index is 0.0185. The molecule has 3 aromatic rings. The summed E-state index contributed by atoms with van der Waals surface area (Å²) in [6.45, 7) is 1.48. The third kappa shape index (κ3) is 5.44. The van der Waals surface area contributed by atoms with Gasteiger partial charge in [0, 0.05) is 30.8 Å². The Morgan fingerprint density at radius 2 is 1.61 bits per heavy atom. The number of amides is 1. The Labute approximate surface area is 166 Å². The second-order valence-electron chi connectivity index (χ2n) is 6.80. The van der Waals surface area contributed by atoms with Crippen LogP contribution in [0.5, 0.6) is 5.75 Å². The average molecular weight is 374 g/mol. The van der Waals surface area contributed by atoms with Crippen LogP contribution in [0, 0.1) is 0 Å². The SMILES string of the molecule is COc1ccc(CN(C)CCC(=O)Nc2ccccc2-c2ccccc2)cc1. The molecule has 0 aromatic heterocycles. The minimum Gasteiger partial charge on any atom is -0.497 e. The summed E-state index contributed by atoms with van der Waals surface area (Å²) in [6, 6.07) is 26.0. The molecule has 3 rings (SSSR count). The van der Waals surface area contributed by atoms with Gasteiger partial charge < -0.3 is 15.0 Å². The summed E-state index contributed by atoms with van der Waals surface area (Å²) in [5, 5.41) is 3.06. The number of para-hydroxylation sites is 1. The van der Waals surface area contributed by atoms with Gasteiger partial charge in [-0.1, -0.05) is 60.7 Å². The quantitative estimate of drug-likeness (QED) is 0.614. The molecule has 0 heterocycles. The Morgan fingerprint density at radius 1 is 0.929 bits per heavy atom. The predicted octanol–water partition coefficient (Wildman–Crippen LogP) is 4.82. The van der Waals surface area contributed by atoms with E-state index in [9.17, 15) is 4.79 Å². The van der Waals surface area contributed by atoms with Crippen molar-refractivity contribution >= 4 is 11.6 Å². The van der Waals surface area contributed by atoms with Gasteiger partial charge in [0.15, 0.2) is 0 Å². The molecule has 0 fully saturated rings. The molecule has 0 aliphatic rings. The minimum absolute atomic E-state index is 0.0185. The predicted molar refractivity (Wildman–Crippen MR) is 114 cm³/mol. The first-order valence-corrected chi connectivity index (χ1v) is 9.41. The third-order valence-corrected chi connectivity index (χ3v) is 4.62. The zero-order valence-electron chi connectivity index (χ0n) is 16.4. The van der Waals surface area contributed by atoms with Gasteiger partial charge in [0.2, 0.25) is 5.91 Å². The van der Waals surface area contributed by atoms with Gasteiger partial charge in [0.05, 0.1) is 7.11 Å². The Morgan fingerprint density at radius 3 is 2.32 bits per heavy atom. The fourth-order valence-electron chi connectivity index (χ4n) is 3.09. The maximum Gasteiger partial charge on any atom is 0.225 e. The molecule has 0 saturated carbocycles. The van der Waals surface area contributed by atoms with Gasteiger partial charge in [-0.15, -0.1) is 0 Å². The van der Waals surface area contributed by atoms with E-state index in [4.69, 9.17) is 4.74 Å². The monoisotopic (exact) mass is 374 g/mol. The number of ether oxygens (including phenoxy) is 1. The Kier molecular flexibility index (Phi) is 6.82. The molecule has 0 unspecified atom stereocenters. The van der Waals surface area contributed by atoms with Gasteiger partial charge in [0.25, 0.3) is 0 Å². The lowest BCUT2D eigenvalue weighted by Gasteiger charge is -2.17. The number of nitrogens with zero attached hydrogens (tertiary/aromatic N) is 1.